The van der Waals surface area contributed by atoms with Crippen molar-refractivity contribution in [1.29, 1.82) is 0 Å². The van der Waals surface area contributed by atoms with Gasteiger partial charge in [-0.15, -0.1) is 0 Å². The van der Waals surface area contributed by atoms with E-state index in [9.17, 15) is 0 Å². The van der Waals surface area contributed by atoms with E-state index in [1.807, 2.05) is 12.3 Å². The Morgan fingerprint density at radius 2 is 2.35 bits per heavy atom. The molecule has 2 aromatic rings. The maximum Gasteiger partial charge on any atom is 0.119 e. The highest BCUT2D eigenvalue weighted by molar-refractivity contribution is 5.30. The van der Waals surface area contributed by atoms with Crippen LogP contribution in [0.5, 0.6) is 5.75 Å². The maximum absolute atomic E-state index is 5.35. The summed E-state index contributed by atoms with van der Waals surface area (Å²) in [5, 5.41) is 0. The van der Waals surface area contributed by atoms with Gasteiger partial charge in [0.05, 0.1) is 13.4 Å². The average Bonchev–Trinajstić information content (AvgIpc) is 3.01. The summed E-state index contributed by atoms with van der Waals surface area (Å²) in [5.41, 5.74) is 2.53. The van der Waals surface area contributed by atoms with Crippen LogP contribution < -0.4 is 4.74 Å². The molecule has 0 amide bonds. The van der Waals surface area contributed by atoms with Crippen molar-refractivity contribution in [2.24, 2.45) is 0 Å². The van der Waals surface area contributed by atoms with E-state index >= 15 is 0 Å². The van der Waals surface area contributed by atoms with Crippen molar-refractivity contribution >= 4 is 0 Å². The van der Waals surface area contributed by atoms with Crippen LogP contribution in [0.4, 0.5) is 0 Å². The number of benzene rings is 1. The summed E-state index contributed by atoms with van der Waals surface area (Å²) in [6.07, 6.45) is 7.44. The fourth-order valence-electron chi connectivity index (χ4n) is 3.00. The summed E-state index contributed by atoms with van der Waals surface area (Å²) >= 11 is 0. The van der Waals surface area contributed by atoms with Crippen molar-refractivity contribution in [2.75, 3.05) is 13.7 Å². The summed E-state index contributed by atoms with van der Waals surface area (Å²) in [6.45, 7) is 2.07. The highest BCUT2D eigenvalue weighted by atomic mass is 16.5. The number of hydrogen-bond donors (Lipinski definition) is 1. The molecule has 1 atom stereocenters. The Kier molecular flexibility index (Phi) is 4.02. The SMILES string of the molecule is COc1cccc([C@@H]2CCCCN2Cc2cnc[nH]2)c1. The zero-order valence-corrected chi connectivity index (χ0v) is 11.9. The van der Waals surface area contributed by atoms with Gasteiger partial charge in [-0.3, -0.25) is 4.90 Å². The molecule has 20 heavy (non-hydrogen) atoms. The van der Waals surface area contributed by atoms with Gasteiger partial charge in [-0.2, -0.15) is 0 Å². The molecule has 1 N–H and O–H groups in total. The lowest BCUT2D eigenvalue weighted by Gasteiger charge is -2.35. The van der Waals surface area contributed by atoms with Crippen LogP contribution in [0.25, 0.3) is 0 Å². The van der Waals surface area contributed by atoms with Gasteiger partial charge in [-0.25, -0.2) is 4.98 Å². The molecule has 1 aromatic carbocycles. The topological polar surface area (TPSA) is 41.1 Å². The van der Waals surface area contributed by atoms with Crippen LogP contribution in [-0.2, 0) is 6.54 Å². The summed E-state index contributed by atoms with van der Waals surface area (Å²) in [4.78, 5) is 9.85. The summed E-state index contributed by atoms with van der Waals surface area (Å²) in [7, 11) is 1.72. The van der Waals surface area contributed by atoms with E-state index in [4.69, 9.17) is 4.74 Å². The minimum Gasteiger partial charge on any atom is -0.497 e. The summed E-state index contributed by atoms with van der Waals surface area (Å²) in [5.74, 6) is 0.939. The van der Waals surface area contributed by atoms with Gasteiger partial charge in [-0.05, 0) is 37.1 Å². The second-order valence-corrected chi connectivity index (χ2v) is 5.34. The van der Waals surface area contributed by atoms with Gasteiger partial charge in [0.25, 0.3) is 0 Å². The molecule has 1 aliphatic heterocycles. The number of ether oxygens (including phenoxy) is 1. The first-order valence-corrected chi connectivity index (χ1v) is 7.22. The molecule has 4 nitrogen and oxygen atoms in total. The molecule has 3 rings (SSSR count). The van der Waals surface area contributed by atoms with Crippen LogP contribution in [0.2, 0.25) is 0 Å². The number of likely N-dealkylation sites (tertiary alicyclic amines) is 1. The van der Waals surface area contributed by atoms with E-state index in [1.165, 1.54) is 30.5 Å². The van der Waals surface area contributed by atoms with Crippen LogP contribution in [-0.4, -0.2) is 28.5 Å². The lowest BCUT2D eigenvalue weighted by atomic mass is 9.95. The normalized spacial score (nSPS) is 19.9. The Labute approximate surface area is 119 Å². The molecule has 0 bridgehead atoms. The maximum atomic E-state index is 5.35. The number of hydrogen-bond acceptors (Lipinski definition) is 3. The van der Waals surface area contributed by atoms with E-state index < -0.39 is 0 Å². The van der Waals surface area contributed by atoms with E-state index in [0.717, 1.165) is 18.8 Å². The summed E-state index contributed by atoms with van der Waals surface area (Å²) < 4.78 is 5.35. The highest BCUT2D eigenvalue weighted by Gasteiger charge is 2.24. The number of imidazole rings is 1. The molecule has 2 heterocycles. The van der Waals surface area contributed by atoms with Crippen LogP contribution in [0.15, 0.2) is 36.8 Å². The average molecular weight is 271 g/mol. The Bertz CT molecular complexity index is 538. The Hall–Kier alpha value is -1.81. The van der Waals surface area contributed by atoms with Gasteiger partial charge in [0.1, 0.15) is 5.75 Å². The number of H-pyrrole nitrogens is 1. The van der Waals surface area contributed by atoms with E-state index in [2.05, 4.69) is 33.1 Å². The van der Waals surface area contributed by atoms with Crippen molar-refractivity contribution in [3.05, 3.63) is 48.0 Å². The highest BCUT2D eigenvalue weighted by Crippen LogP contribution is 2.33. The molecule has 0 radical (unpaired) electrons. The molecule has 0 unspecified atom stereocenters. The molecule has 1 aliphatic rings. The molecular formula is C16H21N3O. The van der Waals surface area contributed by atoms with E-state index in [0.29, 0.717) is 6.04 Å². The van der Waals surface area contributed by atoms with Gasteiger partial charge in [0, 0.05) is 24.5 Å². The predicted octanol–water partition coefficient (Wildman–Crippen LogP) is 3.15. The third-order valence-electron chi connectivity index (χ3n) is 4.02. The Morgan fingerprint density at radius 3 is 3.15 bits per heavy atom. The fourth-order valence-corrected chi connectivity index (χ4v) is 3.00. The molecule has 1 saturated heterocycles. The molecule has 1 fully saturated rings. The monoisotopic (exact) mass is 271 g/mol. The Morgan fingerprint density at radius 1 is 1.40 bits per heavy atom. The first-order valence-electron chi connectivity index (χ1n) is 7.22. The van der Waals surface area contributed by atoms with Gasteiger partial charge in [0.15, 0.2) is 0 Å². The first kappa shape index (κ1) is 13.2. The number of aromatic nitrogens is 2. The second kappa shape index (κ2) is 6.09. The second-order valence-electron chi connectivity index (χ2n) is 5.34. The largest absolute Gasteiger partial charge is 0.497 e. The minimum absolute atomic E-state index is 0.474. The standard InChI is InChI=1S/C16H21N3O/c1-20-15-6-4-5-13(9-15)16-7-2-3-8-19(16)11-14-10-17-12-18-14/h4-6,9-10,12,16H,2-3,7-8,11H2,1H3,(H,17,18)/t16-/m0/s1. The molecule has 0 saturated carbocycles. The zero-order chi connectivity index (χ0) is 13.8. The van der Waals surface area contributed by atoms with Crippen molar-refractivity contribution in [3.8, 4) is 5.75 Å². The zero-order valence-electron chi connectivity index (χ0n) is 11.9. The molecule has 0 spiro atoms. The number of methoxy groups -OCH3 is 1. The van der Waals surface area contributed by atoms with Crippen molar-refractivity contribution in [1.82, 2.24) is 14.9 Å². The van der Waals surface area contributed by atoms with Gasteiger partial charge < -0.3 is 9.72 Å². The van der Waals surface area contributed by atoms with Crippen molar-refractivity contribution in [2.45, 2.75) is 31.8 Å². The van der Waals surface area contributed by atoms with Crippen LogP contribution in [0, 0.1) is 0 Å². The van der Waals surface area contributed by atoms with Crippen LogP contribution in [0.3, 0.4) is 0 Å². The number of nitrogens with zero attached hydrogens (tertiary/aromatic N) is 2. The smallest absolute Gasteiger partial charge is 0.119 e. The quantitative estimate of drug-likeness (QED) is 0.928. The molecule has 106 valence electrons. The van der Waals surface area contributed by atoms with Gasteiger partial charge in [-0.1, -0.05) is 18.6 Å². The van der Waals surface area contributed by atoms with Gasteiger partial charge >= 0.3 is 0 Å². The van der Waals surface area contributed by atoms with Crippen molar-refractivity contribution in [3.63, 3.8) is 0 Å². The van der Waals surface area contributed by atoms with Crippen molar-refractivity contribution < 1.29 is 4.74 Å². The summed E-state index contributed by atoms with van der Waals surface area (Å²) in [6, 6.07) is 8.93. The third-order valence-corrected chi connectivity index (χ3v) is 4.02. The number of aromatic amines is 1. The van der Waals surface area contributed by atoms with Crippen LogP contribution in [0.1, 0.15) is 36.6 Å². The lowest BCUT2D eigenvalue weighted by Crippen LogP contribution is -2.33. The first-order chi connectivity index (χ1) is 9.86. The van der Waals surface area contributed by atoms with Crippen LogP contribution >= 0.6 is 0 Å². The number of nitrogens with one attached hydrogen (secondary N) is 1. The fraction of sp³-hybridized carbons (Fsp3) is 0.438. The lowest BCUT2D eigenvalue weighted by molar-refractivity contribution is 0.138. The molecule has 1 aromatic heterocycles. The van der Waals surface area contributed by atoms with E-state index in [-0.39, 0.29) is 0 Å². The Balaban J connectivity index is 1.80. The number of rotatable bonds is 4. The molecule has 4 heteroatoms. The third kappa shape index (κ3) is 2.85. The minimum atomic E-state index is 0.474. The van der Waals surface area contributed by atoms with Gasteiger partial charge in [0.2, 0.25) is 0 Å². The number of piperidine rings is 1. The molecular weight excluding hydrogens is 250 g/mol. The molecule has 0 aliphatic carbocycles. The predicted molar refractivity (Wildman–Crippen MR) is 78.6 cm³/mol. The van der Waals surface area contributed by atoms with E-state index in [1.54, 1.807) is 13.4 Å².